The third-order valence-electron chi connectivity index (χ3n) is 4.25. The highest BCUT2D eigenvalue weighted by Gasteiger charge is 2.18. The van der Waals surface area contributed by atoms with Crippen LogP contribution in [0, 0.1) is 0 Å². The van der Waals surface area contributed by atoms with Crippen LogP contribution in [0.5, 0.6) is 5.75 Å². The minimum absolute atomic E-state index is 0.283. The third kappa shape index (κ3) is 7.04. The standard InChI is InChI=1S/C22H20IN3O5S/c23-18-8-4-5-9-20(18)31-17-12-10-15(11-13-17)14-19(22(28)26-32(24,29)30)25-21(27)16-6-2-1-3-7-16/h1-3,5-7,9-14H,4,8H2,(H,25,27)(H,26,28)(H2,24,29,30)/b19-14+. The van der Waals surface area contributed by atoms with Crippen LogP contribution in [0.15, 0.2) is 81.8 Å². The van der Waals surface area contributed by atoms with E-state index in [0.29, 0.717) is 16.9 Å². The lowest BCUT2D eigenvalue weighted by molar-refractivity contribution is -0.116. The molecule has 2 aromatic carbocycles. The fourth-order valence-corrected chi connectivity index (χ4v) is 3.73. The number of nitrogens with two attached hydrogens (primary N) is 1. The molecule has 0 bridgehead atoms. The Bertz CT molecular complexity index is 1200. The highest BCUT2D eigenvalue weighted by atomic mass is 127. The number of rotatable bonds is 7. The second kappa shape index (κ2) is 10.6. The molecule has 166 valence electrons. The van der Waals surface area contributed by atoms with Gasteiger partial charge in [-0.15, -0.1) is 0 Å². The Balaban J connectivity index is 1.83. The van der Waals surface area contributed by atoms with E-state index in [1.54, 1.807) is 59.3 Å². The Hall–Kier alpha value is -2.96. The number of allylic oxidation sites excluding steroid dienone is 3. The molecule has 10 heteroatoms. The van der Waals surface area contributed by atoms with Gasteiger partial charge in [0.15, 0.2) is 0 Å². The summed E-state index contributed by atoms with van der Waals surface area (Å²) in [5.74, 6) is -0.263. The highest BCUT2D eigenvalue weighted by Crippen LogP contribution is 2.27. The normalized spacial score (nSPS) is 14.1. The van der Waals surface area contributed by atoms with Gasteiger partial charge >= 0.3 is 0 Å². The first-order valence-electron chi connectivity index (χ1n) is 9.47. The topological polar surface area (TPSA) is 128 Å². The van der Waals surface area contributed by atoms with Crippen LogP contribution in [0.3, 0.4) is 0 Å². The van der Waals surface area contributed by atoms with Gasteiger partial charge in [-0.1, -0.05) is 36.4 Å². The van der Waals surface area contributed by atoms with Crippen molar-refractivity contribution in [2.45, 2.75) is 12.8 Å². The van der Waals surface area contributed by atoms with Crippen molar-refractivity contribution in [1.29, 1.82) is 0 Å². The number of benzene rings is 2. The largest absolute Gasteiger partial charge is 0.457 e. The van der Waals surface area contributed by atoms with E-state index in [2.05, 4.69) is 27.9 Å². The Labute approximate surface area is 199 Å². The molecule has 0 radical (unpaired) electrons. The fourth-order valence-electron chi connectivity index (χ4n) is 2.76. The number of hydrogen-bond donors (Lipinski definition) is 3. The second-order valence-electron chi connectivity index (χ2n) is 6.74. The predicted octanol–water partition coefficient (Wildman–Crippen LogP) is 3.15. The molecule has 0 fully saturated rings. The second-order valence-corrected chi connectivity index (χ2v) is 9.33. The quantitative estimate of drug-likeness (QED) is 0.351. The summed E-state index contributed by atoms with van der Waals surface area (Å²) >= 11 is 2.25. The molecule has 1 aliphatic rings. The Morgan fingerprint density at radius 1 is 1.06 bits per heavy atom. The molecule has 0 spiro atoms. The zero-order valence-corrected chi connectivity index (χ0v) is 19.7. The molecule has 2 amide bonds. The molecular weight excluding hydrogens is 545 g/mol. The minimum Gasteiger partial charge on any atom is -0.457 e. The maximum atomic E-state index is 12.5. The van der Waals surface area contributed by atoms with E-state index in [1.165, 1.54) is 6.08 Å². The Morgan fingerprint density at radius 2 is 1.75 bits per heavy atom. The highest BCUT2D eigenvalue weighted by molar-refractivity contribution is 14.1. The maximum absolute atomic E-state index is 12.5. The van der Waals surface area contributed by atoms with Crippen molar-refractivity contribution < 1.29 is 22.7 Å². The van der Waals surface area contributed by atoms with E-state index in [9.17, 15) is 18.0 Å². The smallest absolute Gasteiger partial charge is 0.299 e. The van der Waals surface area contributed by atoms with E-state index in [1.807, 2.05) is 12.2 Å². The van der Waals surface area contributed by atoms with Gasteiger partial charge in [0.2, 0.25) is 0 Å². The number of hydrogen-bond acceptors (Lipinski definition) is 5. The van der Waals surface area contributed by atoms with E-state index >= 15 is 0 Å². The van der Waals surface area contributed by atoms with Gasteiger partial charge < -0.3 is 10.1 Å². The zero-order chi connectivity index (χ0) is 23.1. The Morgan fingerprint density at radius 3 is 2.38 bits per heavy atom. The number of nitrogens with one attached hydrogen (secondary N) is 2. The van der Waals surface area contributed by atoms with Crippen LogP contribution in [0.1, 0.15) is 28.8 Å². The first-order valence-corrected chi connectivity index (χ1v) is 12.1. The van der Waals surface area contributed by atoms with Gasteiger partial charge in [-0.05, 0) is 77.4 Å². The summed E-state index contributed by atoms with van der Waals surface area (Å²) in [6.45, 7) is 0. The van der Waals surface area contributed by atoms with E-state index in [0.717, 1.165) is 22.2 Å². The molecule has 0 saturated heterocycles. The molecule has 32 heavy (non-hydrogen) atoms. The van der Waals surface area contributed by atoms with Crippen LogP contribution in [0.25, 0.3) is 6.08 Å². The van der Waals surface area contributed by atoms with Crippen LogP contribution in [0.2, 0.25) is 0 Å². The number of halogens is 1. The third-order valence-corrected chi connectivity index (χ3v) is 5.79. The summed E-state index contributed by atoms with van der Waals surface area (Å²) < 4.78 is 31.3. The number of ether oxygens (including phenoxy) is 1. The maximum Gasteiger partial charge on any atom is 0.299 e. The molecule has 0 aromatic heterocycles. The predicted molar refractivity (Wildman–Crippen MR) is 130 cm³/mol. The van der Waals surface area contributed by atoms with Gasteiger partial charge in [-0.2, -0.15) is 8.42 Å². The van der Waals surface area contributed by atoms with Crippen molar-refractivity contribution in [3.8, 4) is 5.75 Å². The molecule has 0 saturated carbocycles. The van der Waals surface area contributed by atoms with Crippen molar-refractivity contribution >= 4 is 50.7 Å². The van der Waals surface area contributed by atoms with Gasteiger partial charge in [-0.3, -0.25) is 9.59 Å². The molecule has 0 heterocycles. The number of carbonyl (C=O) groups is 2. The average molecular weight is 565 g/mol. The summed E-state index contributed by atoms with van der Waals surface area (Å²) in [5.41, 5.74) is 0.552. The molecule has 4 N–H and O–H groups in total. The average Bonchev–Trinajstić information content (AvgIpc) is 2.75. The van der Waals surface area contributed by atoms with Crippen LogP contribution in [-0.4, -0.2) is 20.2 Å². The summed E-state index contributed by atoms with van der Waals surface area (Å²) in [7, 11) is -4.31. The van der Waals surface area contributed by atoms with Crippen molar-refractivity contribution in [1.82, 2.24) is 10.0 Å². The summed E-state index contributed by atoms with van der Waals surface area (Å²) in [6, 6.07) is 15.0. The van der Waals surface area contributed by atoms with Crippen LogP contribution in [-0.2, 0) is 15.0 Å². The monoisotopic (exact) mass is 565 g/mol. The van der Waals surface area contributed by atoms with E-state index < -0.39 is 22.0 Å². The first-order chi connectivity index (χ1) is 15.2. The van der Waals surface area contributed by atoms with Crippen LogP contribution in [0.4, 0.5) is 0 Å². The lowest BCUT2D eigenvalue weighted by Crippen LogP contribution is -2.41. The summed E-state index contributed by atoms with van der Waals surface area (Å²) in [5, 5.41) is 7.33. The minimum atomic E-state index is -4.31. The summed E-state index contributed by atoms with van der Waals surface area (Å²) in [6.07, 6.45) is 7.22. The molecule has 0 atom stereocenters. The summed E-state index contributed by atoms with van der Waals surface area (Å²) in [4.78, 5) is 24.9. The van der Waals surface area contributed by atoms with E-state index in [4.69, 9.17) is 9.88 Å². The molecule has 0 aliphatic heterocycles. The molecule has 0 unspecified atom stereocenters. The number of carbonyl (C=O) groups excluding carboxylic acids is 2. The van der Waals surface area contributed by atoms with Gasteiger partial charge in [0.05, 0.1) is 0 Å². The van der Waals surface area contributed by atoms with Gasteiger partial charge in [0, 0.05) is 9.14 Å². The van der Waals surface area contributed by atoms with Crippen molar-refractivity contribution in [2.75, 3.05) is 0 Å². The number of amides is 2. The Kier molecular flexibility index (Phi) is 7.83. The molecular formula is C22H20IN3O5S. The first kappa shape index (κ1) is 23.7. The molecule has 3 rings (SSSR count). The fraction of sp³-hybridized carbons (Fsp3) is 0.0909. The molecule has 8 nitrogen and oxygen atoms in total. The van der Waals surface area contributed by atoms with Crippen molar-refractivity contribution in [3.05, 3.63) is 92.9 Å². The van der Waals surface area contributed by atoms with Crippen LogP contribution >= 0.6 is 22.6 Å². The van der Waals surface area contributed by atoms with Crippen LogP contribution < -0.4 is 19.9 Å². The lowest BCUT2D eigenvalue weighted by Gasteiger charge is -2.13. The van der Waals surface area contributed by atoms with E-state index in [-0.39, 0.29) is 5.70 Å². The van der Waals surface area contributed by atoms with Crippen molar-refractivity contribution in [3.63, 3.8) is 0 Å². The SMILES string of the molecule is NS(=O)(=O)NC(=O)/C(=C\c1ccc(OC2=C(I)CCC=C2)cc1)NC(=O)c1ccccc1. The molecule has 1 aliphatic carbocycles. The van der Waals surface area contributed by atoms with Gasteiger partial charge in [0.1, 0.15) is 17.2 Å². The van der Waals surface area contributed by atoms with Gasteiger partial charge in [-0.25, -0.2) is 9.86 Å². The lowest BCUT2D eigenvalue weighted by atomic mass is 10.1. The zero-order valence-electron chi connectivity index (χ0n) is 16.7. The van der Waals surface area contributed by atoms with Crippen molar-refractivity contribution in [2.24, 2.45) is 5.14 Å². The molecule has 2 aromatic rings. The van der Waals surface area contributed by atoms with Gasteiger partial charge in [0.25, 0.3) is 22.0 Å².